The number of amides is 2. The SMILES string of the molecule is Cc1cc2nc(C3CCN(C(=O)[C@H]4CC(=O)N(C)C4)CC3)ccn2n1. The van der Waals surface area contributed by atoms with Crippen LogP contribution < -0.4 is 0 Å². The summed E-state index contributed by atoms with van der Waals surface area (Å²) in [4.78, 5) is 32.6. The van der Waals surface area contributed by atoms with E-state index >= 15 is 0 Å². The molecule has 0 aliphatic carbocycles. The van der Waals surface area contributed by atoms with Gasteiger partial charge in [-0.25, -0.2) is 9.50 Å². The molecule has 2 aliphatic rings. The minimum atomic E-state index is -0.168. The highest BCUT2D eigenvalue weighted by Crippen LogP contribution is 2.29. The number of aromatic nitrogens is 3. The van der Waals surface area contributed by atoms with Crippen molar-refractivity contribution >= 4 is 17.5 Å². The smallest absolute Gasteiger partial charge is 0.227 e. The molecule has 1 atom stereocenters. The molecule has 7 nitrogen and oxygen atoms in total. The summed E-state index contributed by atoms with van der Waals surface area (Å²) in [6.07, 6.45) is 4.15. The lowest BCUT2D eigenvalue weighted by Crippen LogP contribution is -2.42. The number of aryl methyl sites for hydroxylation is 1. The number of nitrogens with zero attached hydrogens (tertiary/aromatic N) is 5. The molecule has 0 unspecified atom stereocenters. The van der Waals surface area contributed by atoms with Crippen LogP contribution in [0.25, 0.3) is 5.65 Å². The van der Waals surface area contributed by atoms with Crippen LogP contribution in [0.3, 0.4) is 0 Å². The van der Waals surface area contributed by atoms with Gasteiger partial charge in [-0.05, 0) is 25.8 Å². The Kier molecular flexibility index (Phi) is 3.94. The Bertz CT molecular complexity index is 822. The molecule has 4 rings (SSSR count). The molecule has 25 heavy (non-hydrogen) atoms. The first-order valence-electron chi connectivity index (χ1n) is 8.87. The zero-order valence-corrected chi connectivity index (χ0v) is 14.7. The fourth-order valence-electron chi connectivity index (χ4n) is 3.92. The molecule has 2 aromatic heterocycles. The summed E-state index contributed by atoms with van der Waals surface area (Å²) in [6, 6.07) is 4.02. The third kappa shape index (κ3) is 2.99. The molecular weight excluding hydrogens is 318 g/mol. The molecule has 0 bridgehead atoms. The van der Waals surface area contributed by atoms with Crippen LogP contribution in [0.15, 0.2) is 18.3 Å². The number of piperidine rings is 1. The van der Waals surface area contributed by atoms with Crippen molar-refractivity contribution in [1.82, 2.24) is 24.4 Å². The minimum absolute atomic E-state index is 0.0711. The maximum absolute atomic E-state index is 12.6. The third-order valence-corrected chi connectivity index (χ3v) is 5.38. The molecule has 132 valence electrons. The summed E-state index contributed by atoms with van der Waals surface area (Å²) in [5, 5.41) is 4.36. The first kappa shape index (κ1) is 16.1. The fourth-order valence-corrected chi connectivity index (χ4v) is 3.92. The van der Waals surface area contributed by atoms with E-state index in [-0.39, 0.29) is 17.7 Å². The molecule has 2 aliphatic heterocycles. The highest BCUT2D eigenvalue weighted by atomic mass is 16.2. The van der Waals surface area contributed by atoms with Crippen molar-refractivity contribution in [1.29, 1.82) is 0 Å². The van der Waals surface area contributed by atoms with Crippen molar-refractivity contribution in [2.45, 2.75) is 32.1 Å². The molecule has 2 amide bonds. The van der Waals surface area contributed by atoms with Gasteiger partial charge in [0.25, 0.3) is 0 Å². The standard InChI is InChI=1S/C18H23N5O2/c1-12-9-16-19-15(5-8-23(16)20-12)13-3-6-22(7-4-13)18(25)14-10-17(24)21(2)11-14/h5,8-9,13-14H,3-4,6-7,10-11H2,1-2H3/t14-/m0/s1. The number of rotatable bonds is 2. The quantitative estimate of drug-likeness (QED) is 0.823. The van der Waals surface area contributed by atoms with Gasteiger partial charge in [0, 0.05) is 57.0 Å². The number of carbonyl (C=O) groups is 2. The zero-order valence-electron chi connectivity index (χ0n) is 14.7. The molecule has 2 fully saturated rings. The summed E-state index contributed by atoms with van der Waals surface area (Å²) in [5.74, 6) is 0.406. The van der Waals surface area contributed by atoms with E-state index in [2.05, 4.69) is 5.10 Å². The first-order chi connectivity index (χ1) is 12.0. The number of carbonyl (C=O) groups excluding carboxylic acids is 2. The van der Waals surface area contributed by atoms with E-state index in [4.69, 9.17) is 4.98 Å². The van der Waals surface area contributed by atoms with Crippen LogP contribution in [-0.4, -0.2) is 62.9 Å². The number of hydrogen-bond donors (Lipinski definition) is 0. The molecule has 7 heteroatoms. The molecule has 0 spiro atoms. The minimum Gasteiger partial charge on any atom is -0.345 e. The average molecular weight is 341 g/mol. The second kappa shape index (κ2) is 6.13. The van der Waals surface area contributed by atoms with Crippen LogP contribution in [-0.2, 0) is 9.59 Å². The summed E-state index contributed by atoms with van der Waals surface area (Å²) < 4.78 is 1.80. The normalized spacial score (nSPS) is 22.2. The Morgan fingerprint density at radius 1 is 1.28 bits per heavy atom. The van der Waals surface area contributed by atoms with Crippen molar-refractivity contribution in [3.8, 4) is 0 Å². The summed E-state index contributed by atoms with van der Waals surface area (Å²) in [7, 11) is 1.77. The molecule has 0 aromatic carbocycles. The third-order valence-electron chi connectivity index (χ3n) is 5.38. The molecule has 2 aromatic rings. The molecular formula is C18H23N5O2. The van der Waals surface area contributed by atoms with E-state index in [9.17, 15) is 9.59 Å². The van der Waals surface area contributed by atoms with E-state index < -0.39 is 0 Å². The van der Waals surface area contributed by atoms with Gasteiger partial charge in [-0.3, -0.25) is 9.59 Å². The van der Waals surface area contributed by atoms with Crippen molar-refractivity contribution in [3.63, 3.8) is 0 Å². The molecule has 0 radical (unpaired) electrons. The number of likely N-dealkylation sites (tertiary alicyclic amines) is 2. The second-order valence-corrected chi connectivity index (χ2v) is 7.22. The maximum atomic E-state index is 12.6. The second-order valence-electron chi connectivity index (χ2n) is 7.22. The topological polar surface area (TPSA) is 70.8 Å². The van der Waals surface area contributed by atoms with Gasteiger partial charge >= 0.3 is 0 Å². The largest absolute Gasteiger partial charge is 0.345 e. The predicted molar refractivity (Wildman–Crippen MR) is 92.0 cm³/mol. The lowest BCUT2D eigenvalue weighted by Gasteiger charge is -2.33. The Labute approximate surface area is 146 Å². The van der Waals surface area contributed by atoms with Gasteiger partial charge in [0.15, 0.2) is 5.65 Å². The summed E-state index contributed by atoms with van der Waals surface area (Å²) in [6.45, 7) is 3.99. The van der Waals surface area contributed by atoms with Crippen LogP contribution in [0, 0.1) is 12.8 Å². The van der Waals surface area contributed by atoms with Gasteiger partial charge in [-0.2, -0.15) is 5.10 Å². The summed E-state index contributed by atoms with van der Waals surface area (Å²) in [5.41, 5.74) is 2.91. The van der Waals surface area contributed by atoms with Crippen LogP contribution in [0.4, 0.5) is 0 Å². The van der Waals surface area contributed by atoms with Gasteiger partial charge < -0.3 is 9.80 Å². The van der Waals surface area contributed by atoms with E-state index in [1.54, 1.807) is 16.5 Å². The van der Waals surface area contributed by atoms with Crippen molar-refractivity contribution < 1.29 is 9.59 Å². The highest BCUT2D eigenvalue weighted by molar-refractivity contribution is 5.89. The van der Waals surface area contributed by atoms with E-state index in [1.165, 1.54) is 0 Å². The van der Waals surface area contributed by atoms with Crippen LogP contribution in [0.5, 0.6) is 0 Å². The van der Waals surface area contributed by atoms with E-state index in [0.717, 1.165) is 43.0 Å². The van der Waals surface area contributed by atoms with Crippen molar-refractivity contribution in [2.75, 3.05) is 26.7 Å². The predicted octanol–water partition coefficient (Wildman–Crippen LogP) is 1.22. The number of hydrogen-bond acceptors (Lipinski definition) is 4. The Morgan fingerprint density at radius 3 is 2.72 bits per heavy atom. The Morgan fingerprint density at radius 2 is 2.04 bits per heavy atom. The molecule has 4 heterocycles. The maximum Gasteiger partial charge on any atom is 0.227 e. The summed E-state index contributed by atoms with van der Waals surface area (Å²) >= 11 is 0. The van der Waals surface area contributed by atoms with Crippen molar-refractivity contribution in [3.05, 3.63) is 29.7 Å². The monoisotopic (exact) mass is 341 g/mol. The number of fused-ring (bicyclic) bond motifs is 1. The van der Waals surface area contributed by atoms with E-state index in [1.807, 2.05) is 30.2 Å². The Hall–Kier alpha value is -2.44. The molecule has 0 N–H and O–H groups in total. The molecule has 0 saturated carbocycles. The van der Waals surface area contributed by atoms with Gasteiger partial charge in [-0.1, -0.05) is 0 Å². The highest BCUT2D eigenvalue weighted by Gasteiger charge is 2.36. The first-order valence-corrected chi connectivity index (χ1v) is 8.87. The van der Waals surface area contributed by atoms with Gasteiger partial charge in [-0.15, -0.1) is 0 Å². The van der Waals surface area contributed by atoms with Crippen molar-refractivity contribution in [2.24, 2.45) is 5.92 Å². The Balaban J connectivity index is 1.40. The fraction of sp³-hybridized carbons (Fsp3) is 0.556. The zero-order chi connectivity index (χ0) is 17.6. The van der Waals surface area contributed by atoms with Gasteiger partial charge in [0.2, 0.25) is 11.8 Å². The van der Waals surface area contributed by atoms with Gasteiger partial charge in [0.1, 0.15) is 0 Å². The average Bonchev–Trinajstić information content (AvgIpc) is 3.15. The lowest BCUT2D eigenvalue weighted by atomic mass is 9.92. The van der Waals surface area contributed by atoms with Crippen LogP contribution in [0.1, 0.15) is 36.6 Å². The lowest BCUT2D eigenvalue weighted by molar-refractivity contribution is -0.136. The molecule has 2 saturated heterocycles. The van der Waals surface area contributed by atoms with Gasteiger partial charge in [0.05, 0.1) is 11.6 Å². The van der Waals surface area contributed by atoms with Crippen LogP contribution in [0.2, 0.25) is 0 Å². The van der Waals surface area contributed by atoms with E-state index in [0.29, 0.717) is 18.9 Å². The van der Waals surface area contributed by atoms with Crippen LogP contribution >= 0.6 is 0 Å².